The summed E-state index contributed by atoms with van der Waals surface area (Å²) in [5.41, 5.74) is 1.30. The highest BCUT2D eigenvalue weighted by Crippen LogP contribution is 2.15. The minimum Gasteiger partial charge on any atom is -0.346 e. The highest BCUT2D eigenvalue weighted by atomic mass is 32.2. The van der Waals surface area contributed by atoms with Crippen molar-refractivity contribution in [3.8, 4) is 0 Å². The molecule has 5 nitrogen and oxygen atoms in total. The van der Waals surface area contributed by atoms with Crippen LogP contribution >= 0.6 is 0 Å². The van der Waals surface area contributed by atoms with Crippen molar-refractivity contribution in [2.75, 3.05) is 6.54 Å². The molecule has 2 rings (SSSR count). The van der Waals surface area contributed by atoms with E-state index in [2.05, 4.69) is 10.0 Å². The molecule has 0 fully saturated rings. The molecular formula is C19H24N2O3S. The summed E-state index contributed by atoms with van der Waals surface area (Å²) in [5, 5.41) is 2.89. The quantitative estimate of drug-likeness (QED) is 0.797. The van der Waals surface area contributed by atoms with Gasteiger partial charge in [-0.3, -0.25) is 4.79 Å². The molecule has 1 amide bonds. The number of carbonyl (C=O) groups is 1. The molecule has 134 valence electrons. The molecule has 0 aromatic heterocycles. The van der Waals surface area contributed by atoms with Crippen LogP contribution in [0.5, 0.6) is 0 Å². The molecule has 25 heavy (non-hydrogen) atoms. The Morgan fingerprint density at radius 2 is 1.68 bits per heavy atom. The Labute approximate surface area is 149 Å². The Balaban J connectivity index is 2.14. The first-order valence-electron chi connectivity index (χ1n) is 8.25. The molecule has 2 aromatic carbocycles. The second kappa shape index (κ2) is 8.27. The lowest BCUT2D eigenvalue weighted by Crippen LogP contribution is -2.29. The molecule has 0 aliphatic heterocycles. The second-order valence-corrected chi connectivity index (χ2v) is 8.15. The van der Waals surface area contributed by atoms with Crippen molar-refractivity contribution < 1.29 is 13.2 Å². The van der Waals surface area contributed by atoms with E-state index in [1.165, 1.54) is 12.1 Å². The molecule has 0 aliphatic rings. The van der Waals surface area contributed by atoms with Gasteiger partial charge >= 0.3 is 0 Å². The van der Waals surface area contributed by atoms with Crippen molar-refractivity contribution in [1.29, 1.82) is 0 Å². The van der Waals surface area contributed by atoms with Crippen molar-refractivity contribution >= 4 is 15.9 Å². The molecule has 2 aromatic rings. The Hall–Kier alpha value is -2.18. The van der Waals surface area contributed by atoms with E-state index in [-0.39, 0.29) is 22.8 Å². The zero-order chi connectivity index (χ0) is 18.4. The van der Waals surface area contributed by atoms with Gasteiger partial charge in [0, 0.05) is 12.1 Å². The van der Waals surface area contributed by atoms with Crippen LogP contribution in [-0.4, -0.2) is 20.9 Å². The number of carbonyl (C=O) groups excluding carboxylic acids is 1. The average molecular weight is 360 g/mol. The fourth-order valence-electron chi connectivity index (χ4n) is 2.27. The van der Waals surface area contributed by atoms with Crippen LogP contribution < -0.4 is 10.0 Å². The monoisotopic (exact) mass is 360 g/mol. The third-order valence-electron chi connectivity index (χ3n) is 3.74. The van der Waals surface area contributed by atoms with Crippen LogP contribution in [0, 0.1) is 5.92 Å². The minimum atomic E-state index is -3.62. The number of nitrogens with one attached hydrogen (secondary N) is 2. The molecule has 0 radical (unpaired) electrons. The maximum atomic E-state index is 12.4. The highest BCUT2D eigenvalue weighted by Gasteiger charge is 2.17. The summed E-state index contributed by atoms with van der Waals surface area (Å²) < 4.78 is 27.2. The minimum absolute atomic E-state index is 0.0909. The van der Waals surface area contributed by atoms with Gasteiger partial charge in [-0.15, -0.1) is 0 Å². The predicted molar refractivity (Wildman–Crippen MR) is 98.8 cm³/mol. The van der Waals surface area contributed by atoms with Crippen molar-refractivity contribution in [2.45, 2.75) is 31.7 Å². The van der Waals surface area contributed by atoms with E-state index in [9.17, 15) is 13.2 Å². The lowest BCUT2D eigenvalue weighted by atomic mass is 10.1. The van der Waals surface area contributed by atoms with Gasteiger partial charge in [0.25, 0.3) is 5.91 Å². The Morgan fingerprint density at radius 3 is 2.32 bits per heavy atom. The number of amides is 1. The van der Waals surface area contributed by atoms with Gasteiger partial charge in [0.1, 0.15) is 0 Å². The summed E-state index contributed by atoms with van der Waals surface area (Å²) in [6.07, 6.45) is 0. The maximum Gasteiger partial charge on any atom is 0.251 e. The van der Waals surface area contributed by atoms with Crippen LogP contribution in [0.3, 0.4) is 0 Å². The average Bonchev–Trinajstić information content (AvgIpc) is 2.61. The molecule has 1 unspecified atom stereocenters. The van der Waals surface area contributed by atoms with Crippen molar-refractivity contribution in [1.82, 2.24) is 10.0 Å². The molecule has 0 aliphatic carbocycles. The molecule has 0 bridgehead atoms. The fourth-order valence-corrected chi connectivity index (χ4v) is 3.53. The van der Waals surface area contributed by atoms with Gasteiger partial charge in [-0.2, -0.15) is 0 Å². The molecule has 0 heterocycles. The van der Waals surface area contributed by atoms with Crippen molar-refractivity contribution in [3.63, 3.8) is 0 Å². The number of benzene rings is 2. The fraction of sp³-hybridized carbons (Fsp3) is 0.316. The lowest BCUT2D eigenvalue weighted by molar-refractivity contribution is 0.0939. The zero-order valence-electron chi connectivity index (χ0n) is 14.7. The summed E-state index contributed by atoms with van der Waals surface area (Å²) in [6.45, 7) is 6.09. The summed E-state index contributed by atoms with van der Waals surface area (Å²) in [7, 11) is -3.62. The van der Waals surface area contributed by atoms with Gasteiger partial charge in [-0.25, -0.2) is 13.1 Å². The van der Waals surface area contributed by atoms with Crippen molar-refractivity contribution in [3.05, 3.63) is 65.7 Å². The molecule has 6 heteroatoms. The highest BCUT2D eigenvalue weighted by molar-refractivity contribution is 7.89. The lowest BCUT2D eigenvalue weighted by Gasteiger charge is -2.15. The van der Waals surface area contributed by atoms with Crippen molar-refractivity contribution in [2.24, 2.45) is 5.92 Å². The van der Waals surface area contributed by atoms with E-state index in [0.717, 1.165) is 5.56 Å². The molecular weight excluding hydrogens is 336 g/mol. The SMILES string of the molecule is CC(C)CNS(=O)(=O)c1cccc(C(=O)NC(C)c2ccccc2)c1. The Bertz CT molecular complexity index is 818. The summed E-state index contributed by atoms with van der Waals surface area (Å²) >= 11 is 0. The first kappa shape index (κ1) is 19.1. The van der Waals surface area contributed by atoms with Gasteiger partial charge in [0.05, 0.1) is 10.9 Å². The van der Waals surface area contributed by atoms with E-state index in [1.807, 2.05) is 51.1 Å². The second-order valence-electron chi connectivity index (χ2n) is 6.38. The van der Waals surface area contributed by atoms with Gasteiger partial charge in [0.2, 0.25) is 10.0 Å². The molecule has 0 saturated heterocycles. The van der Waals surface area contributed by atoms with Gasteiger partial charge in [0.15, 0.2) is 0 Å². The first-order chi connectivity index (χ1) is 11.8. The number of hydrogen-bond donors (Lipinski definition) is 2. The Kier molecular flexibility index (Phi) is 6.33. The summed E-state index contributed by atoms with van der Waals surface area (Å²) in [6, 6.07) is 15.5. The number of rotatable bonds is 7. The van der Waals surface area contributed by atoms with Crippen LogP contribution in [0.1, 0.15) is 42.7 Å². The number of sulfonamides is 1. The summed E-state index contributed by atoms with van der Waals surface area (Å²) in [5.74, 6) is -0.106. The molecule has 0 spiro atoms. The maximum absolute atomic E-state index is 12.4. The summed E-state index contributed by atoms with van der Waals surface area (Å²) in [4.78, 5) is 12.5. The number of hydrogen-bond acceptors (Lipinski definition) is 3. The van der Waals surface area contributed by atoms with Crippen LogP contribution in [0.4, 0.5) is 0 Å². The molecule has 2 N–H and O–H groups in total. The van der Waals surface area contributed by atoms with E-state index in [1.54, 1.807) is 12.1 Å². The third kappa shape index (κ3) is 5.41. The molecule has 1 atom stereocenters. The topological polar surface area (TPSA) is 75.3 Å². The first-order valence-corrected chi connectivity index (χ1v) is 9.73. The van der Waals surface area contributed by atoms with E-state index < -0.39 is 10.0 Å². The van der Waals surface area contributed by atoms with Crippen LogP contribution in [-0.2, 0) is 10.0 Å². The normalized spacial score (nSPS) is 12.8. The smallest absolute Gasteiger partial charge is 0.251 e. The van der Waals surface area contributed by atoms with Gasteiger partial charge in [-0.1, -0.05) is 50.2 Å². The van der Waals surface area contributed by atoms with E-state index >= 15 is 0 Å². The van der Waals surface area contributed by atoms with Crippen LogP contribution in [0.15, 0.2) is 59.5 Å². The Morgan fingerprint density at radius 1 is 1.00 bits per heavy atom. The third-order valence-corrected chi connectivity index (χ3v) is 5.16. The van der Waals surface area contributed by atoms with Gasteiger partial charge in [-0.05, 0) is 36.6 Å². The van der Waals surface area contributed by atoms with Crippen LogP contribution in [0.25, 0.3) is 0 Å². The van der Waals surface area contributed by atoms with Gasteiger partial charge < -0.3 is 5.32 Å². The zero-order valence-corrected chi connectivity index (χ0v) is 15.5. The standard InChI is InChI=1S/C19H24N2O3S/c1-14(2)13-20-25(23,24)18-11-7-10-17(12-18)19(22)21-15(3)16-8-5-4-6-9-16/h4-12,14-15,20H,13H2,1-3H3,(H,21,22). The van der Waals surface area contributed by atoms with E-state index in [4.69, 9.17) is 0 Å². The predicted octanol–water partition coefficient (Wildman–Crippen LogP) is 3.11. The van der Waals surface area contributed by atoms with E-state index in [0.29, 0.717) is 12.1 Å². The van der Waals surface area contributed by atoms with Crippen LogP contribution in [0.2, 0.25) is 0 Å². The largest absolute Gasteiger partial charge is 0.346 e. The molecule has 0 saturated carbocycles.